The van der Waals surface area contributed by atoms with Gasteiger partial charge in [0, 0.05) is 12.0 Å². The summed E-state index contributed by atoms with van der Waals surface area (Å²) in [5, 5.41) is 2.78. The molecule has 0 aromatic heterocycles. The number of ketones is 1. The highest BCUT2D eigenvalue weighted by Gasteiger charge is 2.30. The van der Waals surface area contributed by atoms with E-state index in [0.29, 0.717) is 12.0 Å². The minimum absolute atomic E-state index is 0.138. The van der Waals surface area contributed by atoms with Crippen molar-refractivity contribution in [3.8, 4) is 0 Å². The molecule has 0 radical (unpaired) electrons. The Labute approximate surface area is 69.4 Å². The standard InChI is InChI=1S/C9H7NO2/c11-9-7-4-2-1-3-6(7)5-8(9)10-12/h1-4,8H,5H2/t8-/m0/s1. The summed E-state index contributed by atoms with van der Waals surface area (Å²) in [6, 6.07) is 6.58. The Morgan fingerprint density at radius 2 is 2.08 bits per heavy atom. The van der Waals surface area contributed by atoms with E-state index in [9.17, 15) is 9.70 Å². The van der Waals surface area contributed by atoms with Crippen LogP contribution in [0.5, 0.6) is 0 Å². The fraction of sp³-hybridized carbons (Fsp3) is 0.222. The Morgan fingerprint density at radius 1 is 1.33 bits per heavy atom. The number of nitroso groups, excluding NO2 is 1. The Hall–Kier alpha value is -1.51. The number of benzene rings is 1. The van der Waals surface area contributed by atoms with E-state index in [4.69, 9.17) is 0 Å². The van der Waals surface area contributed by atoms with Crippen LogP contribution in [0.25, 0.3) is 0 Å². The maximum absolute atomic E-state index is 11.3. The van der Waals surface area contributed by atoms with Gasteiger partial charge < -0.3 is 0 Å². The molecule has 3 heteroatoms. The lowest BCUT2D eigenvalue weighted by atomic mass is 10.1. The second-order valence-electron chi connectivity index (χ2n) is 2.85. The molecule has 1 aliphatic rings. The largest absolute Gasteiger partial charge is 0.292 e. The fourth-order valence-corrected chi connectivity index (χ4v) is 1.50. The zero-order chi connectivity index (χ0) is 8.55. The summed E-state index contributed by atoms with van der Waals surface area (Å²) in [4.78, 5) is 21.5. The van der Waals surface area contributed by atoms with Gasteiger partial charge in [0.1, 0.15) is 0 Å². The second-order valence-corrected chi connectivity index (χ2v) is 2.85. The Morgan fingerprint density at radius 3 is 2.75 bits per heavy atom. The van der Waals surface area contributed by atoms with Gasteiger partial charge in [-0.3, -0.25) is 4.79 Å². The minimum Gasteiger partial charge on any atom is -0.292 e. The lowest BCUT2D eigenvalue weighted by Gasteiger charge is -1.92. The number of carbonyl (C=O) groups excluding carboxylic acids is 1. The molecule has 1 atom stereocenters. The van der Waals surface area contributed by atoms with Crippen molar-refractivity contribution in [1.82, 2.24) is 0 Å². The van der Waals surface area contributed by atoms with Gasteiger partial charge in [0.2, 0.25) is 0 Å². The van der Waals surface area contributed by atoms with Gasteiger partial charge in [-0.1, -0.05) is 29.4 Å². The van der Waals surface area contributed by atoms with E-state index in [1.807, 2.05) is 12.1 Å². The van der Waals surface area contributed by atoms with Gasteiger partial charge in [-0.15, -0.1) is 0 Å². The Bertz CT molecular complexity index is 346. The summed E-state index contributed by atoms with van der Waals surface area (Å²) in [5.41, 5.74) is 1.59. The first kappa shape index (κ1) is 7.16. The molecular weight excluding hydrogens is 154 g/mol. The molecule has 1 aliphatic carbocycles. The van der Waals surface area contributed by atoms with Crippen LogP contribution in [0.2, 0.25) is 0 Å². The van der Waals surface area contributed by atoms with Gasteiger partial charge in [-0.25, -0.2) is 0 Å². The number of nitrogens with zero attached hydrogens (tertiary/aromatic N) is 1. The zero-order valence-corrected chi connectivity index (χ0v) is 6.36. The van der Waals surface area contributed by atoms with Crippen LogP contribution in [0.1, 0.15) is 15.9 Å². The summed E-state index contributed by atoms with van der Waals surface area (Å²) in [7, 11) is 0. The molecule has 0 bridgehead atoms. The monoisotopic (exact) mass is 161 g/mol. The average molecular weight is 161 g/mol. The quantitative estimate of drug-likeness (QED) is 0.587. The van der Waals surface area contributed by atoms with Gasteiger partial charge in [-0.2, -0.15) is 4.91 Å². The zero-order valence-electron chi connectivity index (χ0n) is 6.36. The summed E-state index contributed by atoms with van der Waals surface area (Å²) in [6.45, 7) is 0. The lowest BCUT2D eigenvalue weighted by molar-refractivity contribution is 0.0975. The molecule has 1 aromatic rings. The van der Waals surface area contributed by atoms with Gasteiger partial charge in [0.05, 0.1) is 0 Å². The van der Waals surface area contributed by atoms with Crippen LogP contribution < -0.4 is 0 Å². The maximum atomic E-state index is 11.3. The van der Waals surface area contributed by atoms with Crippen molar-refractivity contribution in [2.45, 2.75) is 12.5 Å². The number of Topliss-reactive ketones (excluding diaryl/α,β-unsaturated/α-hetero) is 1. The molecule has 0 unspecified atom stereocenters. The third-order valence-corrected chi connectivity index (χ3v) is 2.13. The first-order valence-electron chi connectivity index (χ1n) is 3.77. The number of hydrogen-bond donors (Lipinski definition) is 0. The summed E-state index contributed by atoms with van der Waals surface area (Å²) in [5.74, 6) is -0.138. The van der Waals surface area contributed by atoms with E-state index < -0.39 is 6.04 Å². The van der Waals surface area contributed by atoms with Crippen molar-refractivity contribution in [1.29, 1.82) is 0 Å². The molecular formula is C9H7NO2. The van der Waals surface area contributed by atoms with Crippen molar-refractivity contribution in [3.63, 3.8) is 0 Å². The molecule has 12 heavy (non-hydrogen) atoms. The lowest BCUT2D eigenvalue weighted by Crippen LogP contribution is -2.11. The molecule has 0 saturated heterocycles. The molecule has 2 rings (SSSR count). The first-order valence-corrected chi connectivity index (χ1v) is 3.77. The van der Waals surface area contributed by atoms with Crippen LogP contribution in [-0.4, -0.2) is 11.8 Å². The molecule has 0 spiro atoms. The third-order valence-electron chi connectivity index (χ3n) is 2.13. The van der Waals surface area contributed by atoms with Gasteiger partial charge in [0.25, 0.3) is 0 Å². The number of fused-ring (bicyclic) bond motifs is 1. The van der Waals surface area contributed by atoms with E-state index in [1.54, 1.807) is 12.1 Å². The molecule has 3 nitrogen and oxygen atoms in total. The number of hydrogen-bond acceptors (Lipinski definition) is 3. The van der Waals surface area contributed by atoms with Crippen molar-refractivity contribution >= 4 is 5.78 Å². The van der Waals surface area contributed by atoms with Crippen LogP contribution in [-0.2, 0) is 6.42 Å². The predicted octanol–water partition coefficient (Wildman–Crippen LogP) is 1.56. The molecule has 0 N–H and O–H groups in total. The topological polar surface area (TPSA) is 46.5 Å². The Balaban J connectivity index is 2.49. The van der Waals surface area contributed by atoms with E-state index >= 15 is 0 Å². The van der Waals surface area contributed by atoms with E-state index in [1.165, 1.54) is 0 Å². The van der Waals surface area contributed by atoms with Crippen molar-refractivity contribution < 1.29 is 4.79 Å². The number of carbonyl (C=O) groups is 1. The Kier molecular flexibility index (Phi) is 1.50. The van der Waals surface area contributed by atoms with E-state index in [2.05, 4.69) is 5.18 Å². The fourth-order valence-electron chi connectivity index (χ4n) is 1.50. The minimum atomic E-state index is -0.678. The highest BCUT2D eigenvalue weighted by Crippen LogP contribution is 2.23. The summed E-state index contributed by atoms with van der Waals surface area (Å²) in [6.07, 6.45) is 0.471. The SMILES string of the molecule is O=N[C@H]1Cc2ccccc2C1=O. The van der Waals surface area contributed by atoms with Crippen LogP contribution in [0.3, 0.4) is 0 Å². The summed E-state index contributed by atoms with van der Waals surface area (Å²) < 4.78 is 0. The van der Waals surface area contributed by atoms with Crippen LogP contribution in [0, 0.1) is 4.91 Å². The van der Waals surface area contributed by atoms with Crippen LogP contribution in [0.4, 0.5) is 0 Å². The summed E-state index contributed by atoms with van der Waals surface area (Å²) >= 11 is 0. The molecule has 0 saturated carbocycles. The van der Waals surface area contributed by atoms with Crippen LogP contribution >= 0.6 is 0 Å². The van der Waals surface area contributed by atoms with E-state index in [-0.39, 0.29) is 5.78 Å². The molecule has 0 amide bonds. The molecule has 0 fully saturated rings. The highest BCUT2D eigenvalue weighted by atomic mass is 16.3. The van der Waals surface area contributed by atoms with Gasteiger partial charge in [-0.05, 0) is 5.56 Å². The predicted molar refractivity (Wildman–Crippen MR) is 44.1 cm³/mol. The molecule has 0 heterocycles. The first-order chi connectivity index (χ1) is 5.83. The molecule has 60 valence electrons. The number of rotatable bonds is 1. The van der Waals surface area contributed by atoms with Crippen molar-refractivity contribution in [2.75, 3.05) is 0 Å². The molecule has 1 aromatic carbocycles. The van der Waals surface area contributed by atoms with E-state index in [0.717, 1.165) is 5.56 Å². The average Bonchev–Trinajstić information content (AvgIpc) is 2.44. The smallest absolute Gasteiger partial charge is 0.191 e. The molecule has 0 aliphatic heterocycles. The van der Waals surface area contributed by atoms with Crippen molar-refractivity contribution in [3.05, 3.63) is 40.3 Å². The second kappa shape index (κ2) is 2.52. The maximum Gasteiger partial charge on any atom is 0.191 e. The highest BCUT2D eigenvalue weighted by molar-refractivity contribution is 6.04. The van der Waals surface area contributed by atoms with Gasteiger partial charge >= 0.3 is 0 Å². The van der Waals surface area contributed by atoms with Crippen molar-refractivity contribution in [2.24, 2.45) is 5.18 Å². The van der Waals surface area contributed by atoms with Gasteiger partial charge in [0.15, 0.2) is 11.8 Å². The third kappa shape index (κ3) is 0.863. The normalized spacial score (nSPS) is 20.7. The van der Waals surface area contributed by atoms with Crippen LogP contribution in [0.15, 0.2) is 29.4 Å².